The molecule has 0 aromatic heterocycles. The van der Waals surface area contributed by atoms with E-state index in [-0.39, 0.29) is 17.1 Å². The molecular weight excluding hydrogens is 296 g/mol. The Hall–Kier alpha value is -2.40. The van der Waals surface area contributed by atoms with Gasteiger partial charge in [-0.25, -0.2) is 4.79 Å². The van der Waals surface area contributed by atoms with Crippen molar-refractivity contribution in [2.45, 2.75) is 0 Å². The topological polar surface area (TPSA) is 65.0 Å². The maximum absolute atomic E-state index is 11.2. The highest BCUT2D eigenvalue weighted by molar-refractivity contribution is 6.30. The molecule has 21 heavy (non-hydrogen) atoms. The highest BCUT2D eigenvalue weighted by Crippen LogP contribution is 2.41. The first-order valence-corrected chi connectivity index (χ1v) is 6.36. The molecule has 0 saturated carbocycles. The maximum atomic E-state index is 11.2. The van der Waals surface area contributed by atoms with E-state index < -0.39 is 5.97 Å². The largest absolute Gasteiger partial charge is 0.493 e. The van der Waals surface area contributed by atoms with Gasteiger partial charge in [-0.2, -0.15) is 0 Å². The van der Waals surface area contributed by atoms with Crippen LogP contribution < -0.4 is 14.2 Å². The monoisotopic (exact) mass is 308 g/mol. The van der Waals surface area contributed by atoms with Crippen LogP contribution in [0.15, 0.2) is 36.4 Å². The minimum atomic E-state index is -1.12. The summed E-state index contributed by atoms with van der Waals surface area (Å²) in [6.45, 7) is 0. The van der Waals surface area contributed by atoms with Crippen LogP contribution in [0.25, 0.3) is 0 Å². The summed E-state index contributed by atoms with van der Waals surface area (Å²) in [5, 5.41) is 9.57. The van der Waals surface area contributed by atoms with E-state index >= 15 is 0 Å². The summed E-state index contributed by atoms with van der Waals surface area (Å²) in [5.74, 6) is 0.122. The van der Waals surface area contributed by atoms with Crippen molar-refractivity contribution >= 4 is 17.6 Å². The highest BCUT2D eigenvalue weighted by atomic mass is 35.5. The van der Waals surface area contributed by atoms with E-state index in [4.69, 9.17) is 25.8 Å². The van der Waals surface area contributed by atoms with Crippen molar-refractivity contribution in [3.63, 3.8) is 0 Å². The molecule has 2 rings (SSSR count). The number of aromatic carboxylic acids is 1. The zero-order chi connectivity index (χ0) is 15.4. The number of carbonyl (C=O) groups is 1. The van der Waals surface area contributed by atoms with Crippen molar-refractivity contribution < 1.29 is 24.1 Å². The smallest absolute Gasteiger partial charge is 0.339 e. The van der Waals surface area contributed by atoms with Gasteiger partial charge in [-0.05, 0) is 24.3 Å². The second-order valence-electron chi connectivity index (χ2n) is 4.04. The Kier molecular flexibility index (Phi) is 4.55. The van der Waals surface area contributed by atoms with Gasteiger partial charge in [0.15, 0.2) is 11.5 Å². The molecule has 110 valence electrons. The molecular formula is C15H13ClO5. The molecule has 0 bridgehead atoms. The molecule has 6 heteroatoms. The van der Waals surface area contributed by atoms with Gasteiger partial charge in [0.1, 0.15) is 11.3 Å². The zero-order valence-corrected chi connectivity index (χ0v) is 12.2. The second kappa shape index (κ2) is 6.37. The maximum Gasteiger partial charge on any atom is 0.339 e. The van der Waals surface area contributed by atoms with E-state index in [1.54, 1.807) is 18.2 Å². The normalized spacial score (nSPS) is 10.0. The van der Waals surface area contributed by atoms with Crippen LogP contribution in [0.5, 0.6) is 23.0 Å². The number of hydrogen-bond donors (Lipinski definition) is 1. The Balaban J connectivity index is 2.52. The minimum absolute atomic E-state index is 0.00707. The van der Waals surface area contributed by atoms with Gasteiger partial charge in [0.05, 0.1) is 14.2 Å². The highest BCUT2D eigenvalue weighted by Gasteiger charge is 2.17. The molecule has 0 atom stereocenters. The number of hydrogen-bond acceptors (Lipinski definition) is 4. The predicted octanol–water partition coefficient (Wildman–Crippen LogP) is 3.85. The molecule has 0 radical (unpaired) electrons. The SMILES string of the molecule is COc1cccc(OC)c1Oc1cc(Cl)ccc1C(=O)O. The summed E-state index contributed by atoms with van der Waals surface area (Å²) >= 11 is 5.90. The third kappa shape index (κ3) is 3.20. The Morgan fingerprint density at radius 2 is 1.67 bits per heavy atom. The van der Waals surface area contributed by atoms with E-state index in [2.05, 4.69) is 0 Å². The first-order valence-electron chi connectivity index (χ1n) is 5.98. The summed E-state index contributed by atoms with van der Waals surface area (Å²) in [7, 11) is 2.97. The fourth-order valence-corrected chi connectivity index (χ4v) is 1.95. The average molecular weight is 309 g/mol. The molecule has 0 aliphatic carbocycles. The number of carboxylic acid groups (broad SMARTS) is 1. The fraction of sp³-hybridized carbons (Fsp3) is 0.133. The zero-order valence-electron chi connectivity index (χ0n) is 11.4. The number of rotatable bonds is 5. The molecule has 0 fully saturated rings. The number of para-hydroxylation sites is 1. The van der Waals surface area contributed by atoms with Crippen molar-refractivity contribution in [2.24, 2.45) is 0 Å². The van der Waals surface area contributed by atoms with Gasteiger partial charge in [-0.3, -0.25) is 0 Å². The van der Waals surface area contributed by atoms with Crippen LogP contribution in [-0.4, -0.2) is 25.3 Å². The molecule has 2 aromatic rings. The minimum Gasteiger partial charge on any atom is -0.493 e. The lowest BCUT2D eigenvalue weighted by Crippen LogP contribution is -2.01. The summed E-state index contributed by atoms with van der Waals surface area (Å²) < 4.78 is 16.1. The van der Waals surface area contributed by atoms with Crippen molar-refractivity contribution in [1.82, 2.24) is 0 Å². The second-order valence-corrected chi connectivity index (χ2v) is 4.48. The molecule has 1 N–H and O–H groups in total. The van der Waals surface area contributed by atoms with Crippen LogP contribution in [0.4, 0.5) is 0 Å². The molecule has 2 aromatic carbocycles. The lowest BCUT2D eigenvalue weighted by molar-refractivity contribution is 0.0694. The Labute approximate surface area is 126 Å². The molecule has 0 aliphatic heterocycles. The number of halogens is 1. The predicted molar refractivity (Wildman–Crippen MR) is 78.0 cm³/mol. The molecule has 0 unspecified atom stereocenters. The molecule has 5 nitrogen and oxygen atoms in total. The standard InChI is InChI=1S/C15H13ClO5/c1-19-11-4-3-5-12(20-2)14(11)21-13-8-9(16)6-7-10(13)15(17)18/h3-8H,1-2H3,(H,17,18). The van der Waals surface area contributed by atoms with E-state index in [1.165, 1.54) is 32.4 Å². The van der Waals surface area contributed by atoms with E-state index in [0.29, 0.717) is 16.5 Å². The van der Waals surface area contributed by atoms with Gasteiger partial charge in [0.2, 0.25) is 5.75 Å². The van der Waals surface area contributed by atoms with Crippen LogP contribution in [0.1, 0.15) is 10.4 Å². The van der Waals surface area contributed by atoms with Crippen LogP contribution in [0.2, 0.25) is 5.02 Å². The Bertz CT molecular complexity index is 647. The number of benzene rings is 2. The van der Waals surface area contributed by atoms with Crippen LogP contribution in [0.3, 0.4) is 0 Å². The molecule has 0 amide bonds. The van der Waals surface area contributed by atoms with Crippen molar-refractivity contribution in [3.05, 3.63) is 47.0 Å². The number of ether oxygens (including phenoxy) is 3. The lowest BCUT2D eigenvalue weighted by atomic mass is 10.2. The summed E-state index contributed by atoms with van der Waals surface area (Å²) in [5.41, 5.74) is -0.00707. The van der Waals surface area contributed by atoms with Gasteiger partial charge in [0.25, 0.3) is 0 Å². The van der Waals surface area contributed by atoms with Crippen LogP contribution in [0, 0.1) is 0 Å². The van der Waals surface area contributed by atoms with E-state index in [9.17, 15) is 9.90 Å². The van der Waals surface area contributed by atoms with Gasteiger partial charge >= 0.3 is 5.97 Å². The van der Waals surface area contributed by atoms with Gasteiger partial charge in [0, 0.05) is 11.1 Å². The van der Waals surface area contributed by atoms with Crippen LogP contribution in [-0.2, 0) is 0 Å². The first kappa shape index (κ1) is 15.0. The Morgan fingerprint density at radius 3 is 2.19 bits per heavy atom. The number of methoxy groups -OCH3 is 2. The quantitative estimate of drug-likeness (QED) is 0.909. The lowest BCUT2D eigenvalue weighted by Gasteiger charge is -2.15. The third-order valence-electron chi connectivity index (χ3n) is 2.77. The van der Waals surface area contributed by atoms with Crippen molar-refractivity contribution in [1.29, 1.82) is 0 Å². The molecule has 0 saturated heterocycles. The molecule has 0 spiro atoms. The third-order valence-corrected chi connectivity index (χ3v) is 3.00. The summed E-state index contributed by atoms with van der Waals surface area (Å²) in [6.07, 6.45) is 0. The van der Waals surface area contributed by atoms with Gasteiger partial charge in [-0.15, -0.1) is 0 Å². The van der Waals surface area contributed by atoms with Crippen molar-refractivity contribution in [3.8, 4) is 23.0 Å². The van der Waals surface area contributed by atoms with Gasteiger partial charge in [-0.1, -0.05) is 17.7 Å². The average Bonchev–Trinajstić information content (AvgIpc) is 2.47. The van der Waals surface area contributed by atoms with Crippen molar-refractivity contribution in [2.75, 3.05) is 14.2 Å². The molecule has 0 aliphatic rings. The van der Waals surface area contributed by atoms with E-state index in [1.807, 2.05) is 0 Å². The fourth-order valence-electron chi connectivity index (χ4n) is 1.79. The first-order chi connectivity index (χ1) is 10.1. The Morgan fingerprint density at radius 1 is 1.05 bits per heavy atom. The van der Waals surface area contributed by atoms with Crippen LogP contribution >= 0.6 is 11.6 Å². The molecule has 0 heterocycles. The summed E-state index contributed by atoms with van der Waals surface area (Å²) in [6, 6.07) is 9.39. The van der Waals surface area contributed by atoms with Gasteiger partial charge < -0.3 is 19.3 Å². The van der Waals surface area contributed by atoms with E-state index in [0.717, 1.165) is 0 Å². The summed E-state index contributed by atoms with van der Waals surface area (Å²) in [4.78, 5) is 11.2. The number of carboxylic acids is 1.